The molecule has 1 spiro atoms. The lowest BCUT2D eigenvalue weighted by atomic mass is 10.0. The van der Waals surface area contributed by atoms with Gasteiger partial charge in [-0.15, -0.1) is 11.8 Å². The van der Waals surface area contributed by atoms with Crippen LogP contribution in [0.5, 0.6) is 0 Å². The van der Waals surface area contributed by atoms with Crippen molar-refractivity contribution in [2.75, 3.05) is 12.4 Å². The van der Waals surface area contributed by atoms with Gasteiger partial charge in [-0.1, -0.05) is 24.6 Å². The molecule has 2 fully saturated rings. The molecule has 0 radical (unpaired) electrons. The highest BCUT2D eigenvalue weighted by atomic mass is 32.2. The molecule has 1 aromatic rings. The number of hydrogen-bond donors (Lipinski definition) is 1. The van der Waals surface area contributed by atoms with E-state index in [4.69, 9.17) is 14.0 Å². The normalized spacial score (nSPS) is 30.8. The van der Waals surface area contributed by atoms with E-state index in [2.05, 4.69) is 0 Å². The van der Waals surface area contributed by atoms with Crippen LogP contribution in [0.3, 0.4) is 0 Å². The van der Waals surface area contributed by atoms with Crippen LogP contribution in [0.1, 0.15) is 44.6 Å². The number of aryl methyl sites for hydroxylation is 1. The van der Waals surface area contributed by atoms with Crippen molar-refractivity contribution in [2.45, 2.75) is 61.4 Å². The van der Waals surface area contributed by atoms with Crippen LogP contribution in [-0.4, -0.2) is 42.4 Å². The van der Waals surface area contributed by atoms with E-state index in [0.29, 0.717) is 18.6 Å². The number of carbonyl (C=O) groups is 1. The zero-order chi connectivity index (χ0) is 19.7. The molecule has 150 valence electrons. The van der Waals surface area contributed by atoms with Gasteiger partial charge in [-0.05, 0) is 50.7 Å². The molecule has 1 heterocycles. The second-order valence-electron chi connectivity index (χ2n) is 7.57. The number of hydrogen-bond acceptors (Lipinski definition) is 6. The Morgan fingerprint density at radius 3 is 2.70 bits per heavy atom. The number of rotatable bonds is 7. The van der Waals surface area contributed by atoms with E-state index in [1.807, 2.05) is 13.8 Å². The molecule has 3 unspecified atom stereocenters. The highest BCUT2D eigenvalue weighted by Crippen LogP contribution is 2.54. The molecule has 0 bridgehead atoms. The monoisotopic (exact) mass is 414 g/mol. The molecule has 3 rings (SSSR count). The number of ether oxygens (including phenoxy) is 1. The van der Waals surface area contributed by atoms with Gasteiger partial charge < -0.3 is 9.84 Å². The maximum Gasteiger partial charge on any atom is 0.303 e. The van der Waals surface area contributed by atoms with E-state index in [9.17, 15) is 13.2 Å². The fraction of sp³-hybridized carbons (Fsp3) is 0.632. The molecule has 0 aromatic heterocycles. The second-order valence-corrected chi connectivity index (χ2v) is 10.5. The van der Waals surface area contributed by atoms with Gasteiger partial charge in [0.15, 0.2) is 0 Å². The van der Waals surface area contributed by atoms with Crippen LogP contribution in [0.4, 0.5) is 0 Å². The lowest BCUT2D eigenvalue weighted by molar-refractivity contribution is -0.138. The smallest absolute Gasteiger partial charge is 0.303 e. The van der Waals surface area contributed by atoms with Crippen molar-refractivity contribution >= 4 is 27.8 Å². The quantitative estimate of drug-likeness (QED) is 0.682. The fourth-order valence-electron chi connectivity index (χ4n) is 3.73. The Kier molecular flexibility index (Phi) is 5.91. The molecular formula is C19H26O6S2. The molecule has 1 N–H and O–H groups in total. The minimum absolute atomic E-state index is 0.0297. The molecule has 1 aromatic carbocycles. The number of thioether (sulfide) groups is 1. The molecule has 1 aliphatic heterocycles. The van der Waals surface area contributed by atoms with E-state index in [0.717, 1.165) is 18.4 Å². The maximum absolute atomic E-state index is 12.5. The number of carboxylic acid groups (broad SMARTS) is 1. The first-order chi connectivity index (χ1) is 12.7. The van der Waals surface area contributed by atoms with Gasteiger partial charge in [0.2, 0.25) is 0 Å². The zero-order valence-electron chi connectivity index (χ0n) is 15.6. The van der Waals surface area contributed by atoms with Gasteiger partial charge in [-0.3, -0.25) is 8.98 Å². The zero-order valence-corrected chi connectivity index (χ0v) is 17.3. The Morgan fingerprint density at radius 2 is 2.07 bits per heavy atom. The topological polar surface area (TPSA) is 89.9 Å². The van der Waals surface area contributed by atoms with Crippen molar-refractivity contribution in [3.63, 3.8) is 0 Å². The summed E-state index contributed by atoms with van der Waals surface area (Å²) in [5.74, 6) is -0.0265. The maximum atomic E-state index is 12.5. The van der Waals surface area contributed by atoms with Crippen LogP contribution in [0.2, 0.25) is 0 Å². The third-order valence-electron chi connectivity index (χ3n) is 5.43. The van der Waals surface area contributed by atoms with Crippen molar-refractivity contribution in [2.24, 2.45) is 5.92 Å². The van der Waals surface area contributed by atoms with Crippen molar-refractivity contribution in [3.05, 3.63) is 29.8 Å². The molecule has 2 aliphatic rings. The van der Waals surface area contributed by atoms with E-state index in [1.54, 1.807) is 36.0 Å². The average molecular weight is 415 g/mol. The Hall–Kier alpha value is -1.09. The Balaban J connectivity index is 1.65. The van der Waals surface area contributed by atoms with Gasteiger partial charge in [0.1, 0.15) is 10.5 Å². The van der Waals surface area contributed by atoms with Gasteiger partial charge in [0.25, 0.3) is 10.1 Å². The Labute approximate surface area is 164 Å². The molecule has 27 heavy (non-hydrogen) atoms. The predicted molar refractivity (Wildman–Crippen MR) is 103 cm³/mol. The van der Waals surface area contributed by atoms with Gasteiger partial charge in [-0.25, -0.2) is 0 Å². The van der Waals surface area contributed by atoms with Crippen LogP contribution in [0, 0.1) is 12.8 Å². The van der Waals surface area contributed by atoms with E-state index in [1.165, 1.54) is 0 Å². The number of carboxylic acids is 1. The standard InChI is InChI=1S/C19H26O6S2/c1-3-18(12-24-27(22,23)16-6-4-14(2)5-7-16)13-26-19(25-18)9-8-15(11-19)10-17(20)21/h4-7,15H,3,8-13H2,1-2H3,(H,20,21). The summed E-state index contributed by atoms with van der Waals surface area (Å²) in [6.45, 7) is 3.83. The fourth-order valence-corrected chi connectivity index (χ4v) is 6.43. The van der Waals surface area contributed by atoms with Crippen LogP contribution in [-0.2, 0) is 23.8 Å². The van der Waals surface area contributed by atoms with Gasteiger partial charge >= 0.3 is 5.97 Å². The van der Waals surface area contributed by atoms with Crippen LogP contribution >= 0.6 is 11.8 Å². The Bertz CT molecular complexity index is 791. The molecule has 3 atom stereocenters. The van der Waals surface area contributed by atoms with Crippen LogP contribution in [0.15, 0.2) is 29.2 Å². The first-order valence-electron chi connectivity index (χ1n) is 9.20. The Morgan fingerprint density at radius 1 is 1.37 bits per heavy atom. The van der Waals surface area contributed by atoms with Crippen molar-refractivity contribution < 1.29 is 27.2 Å². The summed E-state index contributed by atoms with van der Waals surface area (Å²) >= 11 is 1.67. The summed E-state index contributed by atoms with van der Waals surface area (Å²) in [7, 11) is -3.84. The third-order valence-corrected chi connectivity index (χ3v) is 8.36. The molecule has 6 nitrogen and oxygen atoms in total. The number of benzene rings is 1. The van der Waals surface area contributed by atoms with Crippen molar-refractivity contribution in [3.8, 4) is 0 Å². The lowest BCUT2D eigenvalue weighted by Crippen LogP contribution is -2.40. The van der Waals surface area contributed by atoms with E-state index in [-0.39, 0.29) is 23.8 Å². The van der Waals surface area contributed by atoms with Gasteiger partial charge in [0.05, 0.1) is 11.5 Å². The average Bonchev–Trinajstić information content (AvgIpc) is 3.17. The van der Waals surface area contributed by atoms with Crippen LogP contribution < -0.4 is 0 Å². The minimum Gasteiger partial charge on any atom is -0.481 e. The highest BCUT2D eigenvalue weighted by molar-refractivity contribution is 8.00. The largest absolute Gasteiger partial charge is 0.481 e. The summed E-state index contributed by atoms with van der Waals surface area (Å²) in [6, 6.07) is 6.57. The third kappa shape index (κ3) is 4.67. The summed E-state index contributed by atoms with van der Waals surface area (Å²) < 4.78 is 36.7. The minimum atomic E-state index is -3.84. The van der Waals surface area contributed by atoms with Crippen molar-refractivity contribution in [1.29, 1.82) is 0 Å². The van der Waals surface area contributed by atoms with E-state index < -0.39 is 26.6 Å². The van der Waals surface area contributed by atoms with Crippen molar-refractivity contribution in [1.82, 2.24) is 0 Å². The summed E-state index contributed by atoms with van der Waals surface area (Å²) in [5.41, 5.74) is 0.314. The number of aliphatic carboxylic acids is 1. The lowest BCUT2D eigenvalue weighted by Gasteiger charge is -2.31. The van der Waals surface area contributed by atoms with E-state index >= 15 is 0 Å². The molecule has 1 saturated heterocycles. The van der Waals surface area contributed by atoms with Gasteiger partial charge in [0, 0.05) is 12.2 Å². The summed E-state index contributed by atoms with van der Waals surface area (Å²) in [5, 5.41) is 9.02. The van der Waals surface area contributed by atoms with Crippen LogP contribution in [0.25, 0.3) is 0 Å². The second kappa shape index (κ2) is 7.73. The molecule has 1 saturated carbocycles. The first-order valence-corrected chi connectivity index (χ1v) is 11.6. The molecule has 0 amide bonds. The summed E-state index contributed by atoms with van der Waals surface area (Å²) in [4.78, 5) is 10.7. The first kappa shape index (κ1) is 20.6. The summed E-state index contributed by atoms with van der Waals surface area (Å²) in [6.07, 6.45) is 3.10. The molecule has 1 aliphatic carbocycles. The SMILES string of the molecule is CCC1(COS(=O)(=O)c2ccc(C)cc2)CSC2(CCC(CC(=O)O)C2)O1. The molecular weight excluding hydrogens is 388 g/mol. The predicted octanol–water partition coefficient (Wildman–Crippen LogP) is 3.58. The van der Waals surface area contributed by atoms with Gasteiger partial charge in [-0.2, -0.15) is 8.42 Å². The highest BCUT2D eigenvalue weighted by Gasteiger charge is 2.53. The molecule has 8 heteroatoms.